The molecule has 3 rings (SSSR count). The molecule has 1 aliphatic heterocycles. The summed E-state index contributed by atoms with van der Waals surface area (Å²) < 4.78 is 11.3. The quantitative estimate of drug-likeness (QED) is 0.931. The molecule has 0 saturated carbocycles. The van der Waals surface area contributed by atoms with Crippen molar-refractivity contribution in [3.05, 3.63) is 53.9 Å². The molecule has 104 valence electrons. The fraction of sp³-hybridized carbons (Fsp3) is 0.312. The molecule has 2 aromatic rings. The van der Waals surface area contributed by atoms with Crippen LogP contribution in [0.15, 0.2) is 42.7 Å². The van der Waals surface area contributed by atoms with Crippen molar-refractivity contribution in [3.8, 4) is 11.5 Å². The van der Waals surface area contributed by atoms with E-state index in [0.717, 1.165) is 35.5 Å². The number of rotatable bonds is 3. The Morgan fingerprint density at radius 3 is 2.80 bits per heavy atom. The number of ether oxygens (including phenoxy) is 2. The Morgan fingerprint density at radius 1 is 1.15 bits per heavy atom. The molecule has 1 aromatic carbocycles. The van der Waals surface area contributed by atoms with Crippen LogP contribution in [0.1, 0.15) is 23.6 Å². The van der Waals surface area contributed by atoms with Gasteiger partial charge in [0.25, 0.3) is 0 Å². The molecule has 1 unspecified atom stereocenters. The van der Waals surface area contributed by atoms with Gasteiger partial charge in [0.2, 0.25) is 0 Å². The van der Waals surface area contributed by atoms with Gasteiger partial charge in [0, 0.05) is 24.9 Å². The van der Waals surface area contributed by atoms with Crippen molar-refractivity contribution in [3.63, 3.8) is 0 Å². The summed E-state index contributed by atoms with van der Waals surface area (Å²) >= 11 is 0. The first-order valence-corrected chi connectivity index (χ1v) is 6.87. The molecule has 4 heteroatoms. The number of hydrogen-bond acceptors (Lipinski definition) is 4. The van der Waals surface area contributed by atoms with Gasteiger partial charge < -0.3 is 15.2 Å². The van der Waals surface area contributed by atoms with E-state index in [0.29, 0.717) is 13.2 Å². The van der Waals surface area contributed by atoms with Gasteiger partial charge in [0.05, 0.1) is 13.2 Å². The fourth-order valence-corrected chi connectivity index (χ4v) is 2.30. The Hall–Kier alpha value is -2.07. The lowest BCUT2D eigenvalue weighted by atomic mass is 10.0. The first-order chi connectivity index (χ1) is 9.83. The predicted octanol–water partition coefficient (Wildman–Crippen LogP) is 2.49. The van der Waals surface area contributed by atoms with E-state index in [2.05, 4.69) is 4.98 Å². The summed E-state index contributed by atoms with van der Waals surface area (Å²) in [5.74, 6) is 1.60. The number of aromatic nitrogens is 1. The molecular weight excluding hydrogens is 252 g/mol. The summed E-state index contributed by atoms with van der Waals surface area (Å²) in [5, 5.41) is 0. The zero-order valence-corrected chi connectivity index (χ0v) is 11.3. The van der Waals surface area contributed by atoms with Crippen molar-refractivity contribution < 1.29 is 9.47 Å². The number of fused-ring (bicyclic) bond motifs is 1. The molecule has 0 bridgehead atoms. The number of nitrogens with two attached hydrogens (primary N) is 1. The summed E-state index contributed by atoms with van der Waals surface area (Å²) in [5.41, 5.74) is 8.46. The summed E-state index contributed by atoms with van der Waals surface area (Å²) in [6.45, 7) is 1.39. The Morgan fingerprint density at radius 2 is 2.00 bits per heavy atom. The Bertz CT molecular complexity index is 572. The largest absolute Gasteiger partial charge is 0.490 e. The molecule has 0 spiro atoms. The second kappa shape index (κ2) is 5.92. The van der Waals surface area contributed by atoms with Crippen LogP contribution in [0, 0.1) is 0 Å². The highest BCUT2D eigenvalue weighted by Gasteiger charge is 2.14. The monoisotopic (exact) mass is 270 g/mol. The Balaban J connectivity index is 1.78. The maximum Gasteiger partial charge on any atom is 0.161 e. The maximum atomic E-state index is 6.28. The lowest BCUT2D eigenvalue weighted by molar-refractivity contribution is 0.297. The zero-order chi connectivity index (χ0) is 13.8. The molecule has 2 N–H and O–H groups in total. The third-order valence-electron chi connectivity index (χ3n) is 3.38. The van der Waals surface area contributed by atoms with Crippen molar-refractivity contribution >= 4 is 0 Å². The van der Waals surface area contributed by atoms with Crippen molar-refractivity contribution in [1.82, 2.24) is 4.98 Å². The first kappa shape index (κ1) is 12.9. The van der Waals surface area contributed by atoms with E-state index in [1.807, 2.05) is 36.5 Å². The van der Waals surface area contributed by atoms with Crippen molar-refractivity contribution in [2.75, 3.05) is 13.2 Å². The second-order valence-corrected chi connectivity index (χ2v) is 4.93. The van der Waals surface area contributed by atoms with Gasteiger partial charge in [-0.1, -0.05) is 12.1 Å². The molecular formula is C16H18N2O2. The molecule has 1 atom stereocenters. The zero-order valence-electron chi connectivity index (χ0n) is 11.3. The molecule has 4 nitrogen and oxygen atoms in total. The van der Waals surface area contributed by atoms with Crippen LogP contribution in [0.5, 0.6) is 11.5 Å². The van der Waals surface area contributed by atoms with Crippen LogP contribution in [0.25, 0.3) is 0 Å². The normalized spacial score (nSPS) is 15.4. The fourth-order valence-electron chi connectivity index (χ4n) is 2.30. The summed E-state index contributed by atoms with van der Waals surface area (Å²) in [6.07, 6.45) is 5.28. The average Bonchev–Trinajstić information content (AvgIpc) is 2.72. The van der Waals surface area contributed by atoms with Gasteiger partial charge in [-0.2, -0.15) is 0 Å². The van der Waals surface area contributed by atoms with Gasteiger partial charge in [0.1, 0.15) is 0 Å². The highest BCUT2D eigenvalue weighted by Crippen LogP contribution is 2.32. The number of hydrogen-bond donors (Lipinski definition) is 1. The van der Waals surface area contributed by atoms with E-state index < -0.39 is 0 Å². The molecule has 1 aliphatic rings. The van der Waals surface area contributed by atoms with Crippen LogP contribution in [0.2, 0.25) is 0 Å². The summed E-state index contributed by atoms with van der Waals surface area (Å²) in [6, 6.07) is 9.83. The standard InChI is InChI=1S/C16H18N2O2/c17-14(9-12-3-1-6-18-11-12)13-4-5-15-16(10-13)20-8-2-7-19-15/h1,3-6,10-11,14H,2,7-9,17H2. The van der Waals surface area contributed by atoms with Crippen molar-refractivity contribution in [1.29, 1.82) is 0 Å². The van der Waals surface area contributed by atoms with Gasteiger partial charge in [-0.25, -0.2) is 0 Å². The Kier molecular flexibility index (Phi) is 3.83. The minimum absolute atomic E-state index is 0.0728. The van der Waals surface area contributed by atoms with Crippen LogP contribution in [-0.4, -0.2) is 18.2 Å². The van der Waals surface area contributed by atoms with Gasteiger partial charge in [0.15, 0.2) is 11.5 Å². The number of pyridine rings is 1. The molecule has 0 amide bonds. The van der Waals surface area contributed by atoms with Crippen LogP contribution in [-0.2, 0) is 6.42 Å². The van der Waals surface area contributed by atoms with E-state index in [-0.39, 0.29) is 6.04 Å². The highest BCUT2D eigenvalue weighted by atomic mass is 16.5. The molecule has 0 aliphatic carbocycles. The van der Waals surface area contributed by atoms with Gasteiger partial charge in [-0.05, 0) is 35.7 Å². The smallest absolute Gasteiger partial charge is 0.161 e. The molecule has 2 heterocycles. The van der Waals surface area contributed by atoms with Crippen LogP contribution in [0.3, 0.4) is 0 Å². The lowest BCUT2D eigenvalue weighted by Gasteiger charge is -2.14. The number of benzene rings is 1. The van der Waals surface area contributed by atoms with E-state index in [1.54, 1.807) is 6.20 Å². The number of nitrogens with zero attached hydrogens (tertiary/aromatic N) is 1. The van der Waals surface area contributed by atoms with Crippen LogP contribution >= 0.6 is 0 Å². The van der Waals surface area contributed by atoms with Crippen LogP contribution < -0.4 is 15.2 Å². The van der Waals surface area contributed by atoms with E-state index >= 15 is 0 Å². The van der Waals surface area contributed by atoms with Gasteiger partial charge in [-0.3, -0.25) is 4.98 Å². The molecule has 0 saturated heterocycles. The molecule has 0 radical (unpaired) electrons. The van der Waals surface area contributed by atoms with Crippen LogP contribution in [0.4, 0.5) is 0 Å². The topological polar surface area (TPSA) is 57.4 Å². The van der Waals surface area contributed by atoms with E-state index in [9.17, 15) is 0 Å². The average molecular weight is 270 g/mol. The third-order valence-corrected chi connectivity index (χ3v) is 3.38. The Labute approximate surface area is 118 Å². The maximum absolute atomic E-state index is 6.28. The van der Waals surface area contributed by atoms with Gasteiger partial charge in [-0.15, -0.1) is 0 Å². The van der Waals surface area contributed by atoms with Crippen molar-refractivity contribution in [2.24, 2.45) is 5.73 Å². The summed E-state index contributed by atoms with van der Waals surface area (Å²) in [7, 11) is 0. The van der Waals surface area contributed by atoms with Gasteiger partial charge >= 0.3 is 0 Å². The summed E-state index contributed by atoms with van der Waals surface area (Å²) in [4.78, 5) is 4.11. The highest BCUT2D eigenvalue weighted by molar-refractivity contribution is 5.44. The second-order valence-electron chi connectivity index (χ2n) is 4.93. The van der Waals surface area contributed by atoms with E-state index in [1.165, 1.54) is 0 Å². The molecule has 20 heavy (non-hydrogen) atoms. The minimum Gasteiger partial charge on any atom is -0.490 e. The molecule has 1 aromatic heterocycles. The SMILES string of the molecule is NC(Cc1cccnc1)c1ccc2c(c1)OCCCO2. The predicted molar refractivity (Wildman–Crippen MR) is 76.9 cm³/mol. The lowest BCUT2D eigenvalue weighted by Crippen LogP contribution is -2.13. The molecule has 0 fully saturated rings. The first-order valence-electron chi connectivity index (χ1n) is 6.87. The van der Waals surface area contributed by atoms with E-state index in [4.69, 9.17) is 15.2 Å². The minimum atomic E-state index is -0.0728. The van der Waals surface area contributed by atoms with Crippen molar-refractivity contribution in [2.45, 2.75) is 18.9 Å². The third kappa shape index (κ3) is 2.91.